The van der Waals surface area contributed by atoms with Crippen molar-refractivity contribution in [3.8, 4) is 0 Å². The second-order valence-electron chi connectivity index (χ2n) is 5.63. The van der Waals surface area contributed by atoms with Crippen LogP contribution in [-0.4, -0.2) is 11.5 Å². The monoisotopic (exact) mass is 282 g/mol. The minimum absolute atomic E-state index is 0.391. The Morgan fingerprint density at radius 2 is 1.86 bits per heavy atom. The standard InChI is InChI=1S/C19H26N2/c1-3-4-6-17-8-10-19(11-9-17)16(2)21-14-12-18-7-5-13-20-15-18/h5,7-11,13,15-16,21H,3-4,6,12,14H2,1-2H3. The van der Waals surface area contributed by atoms with Gasteiger partial charge < -0.3 is 5.32 Å². The van der Waals surface area contributed by atoms with E-state index in [1.54, 1.807) is 0 Å². The molecule has 2 aromatic rings. The van der Waals surface area contributed by atoms with Gasteiger partial charge in [0.2, 0.25) is 0 Å². The molecule has 112 valence electrons. The molecule has 21 heavy (non-hydrogen) atoms. The van der Waals surface area contributed by atoms with Crippen LogP contribution in [0.4, 0.5) is 0 Å². The number of aromatic nitrogens is 1. The summed E-state index contributed by atoms with van der Waals surface area (Å²) in [5.74, 6) is 0. The summed E-state index contributed by atoms with van der Waals surface area (Å²) in [6.45, 7) is 5.44. The molecule has 0 saturated heterocycles. The van der Waals surface area contributed by atoms with Crippen LogP contribution in [-0.2, 0) is 12.8 Å². The summed E-state index contributed by atoms with van der Waals surface area (Å²) in [5.41, 5.74) is 4.09. The summed E-state index contributed by atoms with van der Waals surface area (Å²) in [6.07, 6.45) is 8.51. The maximum atomic E-state index is 4.15. The molecule has 2 nitrogen and oxygen atoms in total. The smallest absolute Gasteiger partial charge is 0.0300 e. The summed E-state index contributed by atoms with van der Waals surface area (Å²) in [6, 6.07) is 13.6. The number of nitrogens with one attached hydrogen (secondary N) is 1. The second kappa shape index (κ2) is 8.58. The van der Waals surface area contributed by atoms with Crippen LogP contribution in [0.1, 0.15) is 49.4 Å². The molecule has 2 heteroatoms. The van der Waals surface area contributed by atoms with E-state index in [0.29, 0.717) is 6.04 Å². The molecular formula is C19H26N2. The number of aryl methyl sites for hydroxylation is 1. The first kappa shape index (κ1) is 15.7. The Bertz CT molecular complexity index is 505. The molecule has 0 radical (unpaired) electrons. The number of benzene rings is 1. The van der Waals surface area contributed by atoms with Crippen LogP contribution in [0.15, 0.2) is 48.8 Å². The fraction of sp³-hybridized carbons (Fsp3) is 0.421. The van der Waals surface area contributed by atoms with E-state index >= 15 is 0 Å². The van der Waals surface area contributed by atoms with Crippen molar-refractivity contribution in [2.24, 2.45) is 0 Å². The van der Waals surface area contributed by atoms with Crippen molar-refractivity contribution < 1.29 is 0 Å². The van der Waals surface area contributed by atoms with Gasteiger partial charge in [-0.15, -0.1) is 0 Å². The van der Waals surface area contributed by atoms with Crippen LogP contribution in [0, 0.1) is 0 Å². The van der Waals surface area contributed by atoms with E-state index < -0.39 is 0 Å². The van der Waals surface area contributed by atoms with Crippen molar-refractivity contribution in [2.75, 3.05) is 6.54 Å². The molecule has 0 aliphatic heterocycles. The summed E-state index contributed by atoms with van der Waals surface area (Å²) in [4.78, 5) is 4.15. The lowest BCUT2D eigenvalue weighted by Crippen LogP contribution is -2.21. The van der Waals surface area contributed by atoms with Crippen LogP contribution in [0.3, 0.4) is 0 Å². The highest BCUT2D eigenvalue weighted by atomic mass is 14.9. The van der Waals surface area contributed by atoms with Gasteiger partial charge in [0, 0.05) is 18.4 Å². The lowest BCUT2D eigenvalue weighted by Gasteiger charge is -2.15. The Morgan fingerprint density at radius 3 is 2.52 bits per heavy atom. The maximum absolute atomic E-state index is 4.15. The van der Waals surface area contributed by atoms with Gasteiger partial charge in [-0.25, -0.2) is 0 Å². The third-order valence-corrected chi connectivity index (χ3v) is 3.89. The minimum atomic E-state index is 0.391. The van der Waals surface area contributed by atoms with Gasteiger partial charge in [0.25, 0.3) is 0 Å². The second-order valence-corrected chi connectivity index (χ2v) is 5.63. The molecule has 1 unspecified atom stereocenters. The highest BCUT2D eigenvalue weighted by Crippen LogP contribution is 2.14. The number of nitrogens with zero attached hydrogens (tertiary/aromatic N) is 1. The summed E-state index contributed by atoms with van der Waals surface area (Å²) in [5, 5.41) is 3.58. The van der Waals surface area contributed by atoms with E-state index in [0.717, 1.165) is 13.0 Å². The van der Waals surface area contributed by atoms with Gasteiger partial charge in [-0.2, -0.15) is 0 Å². The Kier molecular flexibility index (Phi) is 6.42. The molecule has 2 rings (SSSR count). The Hall–Kier alpha value is -1.67. The van der Waals surface area contributed by atoms with Gasteiger partial charge in [0.05, 0.1) is 0 Å². The number of hydrogen-bond donors (Lipinski definition) is 1. The number of unbranched alkanes of at least 4 members (excludes halogenated alkanes) is 1. The third-order valence-electron chi connectivity index (χ3n) is 3.89. The SMILES string of the molecule is CCCCc1ccc(C(C)NCCc2cccnc2)cc1. The molecule has 0 aliphatic rings. The van der Waals surface area contributed by atoms with E-state index in [2.05, 4.69) is 54.5 Å². The van der Waals surface area contributed by atoms with Crippen molar-refractivity contribution in [3.05, 3.63) is 65.5 Å². The molecule has 0 spiro atoms. The molecular weight excluding hydrogens is 256 g/mol. The van der Waals surface area contributed by atoms with Gasteiger partial charge in [-0.3, -0.25) is 4.98 Å². The van der Waals surface area contributed by atoms with E-state index in [1.807, 2.05) is 18.5 Å². The van der Waals surface area contributed by atoms with Crippen LogP contribution >= 0.6 is 0 Å². The lowest BCUT2D eigenvalue weighted by atomic mass is 10.0. The van der Waals surface area contributed by atoms with Crippen molar-refractivity contribution in [1.82, 2.24) is 10.3 Å². The fourth-order valence-corrected chi connectivity index (χ4v) is 2.45. The molecule has 1 aromatic carbocycles. The van der Waals surface area contributed by atoms with E-state index in [9.17, 15) is 0 Å². The largest absolute Gasteiger partial charge is 0.310 e. The Labute approximate surface area is 128 Å². The van der Waals surface area contributed by atoms with Gasteiger partial charge in [-0.05, 0) is 55.5 Å². The molecule has 0 fully saturated rings. The molecule has 0 saturated carbocycles. The third kappa shape index (κ3) is 5.31. The van der Waals surface area contributed by atoms with Gasteiger partial charge in [-0.1, -0.05) is 43.7 Å². The van der Waals surface area contributed by atoms with E-state index in [1.165, 1.54) is 36.0 Å². The minimum Gasteiger partial charge on any atom is -0.310 e. The van der Waals surface area contributed by atoms with Crippen molar-refractivity contribution in [2.45, 2.75) is 45.6 Å². The van der Waals surface area contributed by atoms with Crippen LogP contribution in [0.5, 0.6) is 0 Å². The topological polar surface area (TPSA) is 24.9 Å². The first-order chi connectivity index (χ1) is 10.3. The zero-order chi connectivity index (χ0) is 14.9. The highest BCUT2D eigenvalue weighted by molar-refractivity contribution is 5.24. The van der Waals surface area contributed by atoms with Crippen LogP contribution < -0.4 is 5.32 Å². The lowest BCUT2D eigenvalue weighted by molar-refractivity contribution is 0.576. The average Bonchev–Trinajstić information content (AvgIpc) is 2.54. The predicted molar refractivity (Wildman–Crippen MR) is 89.4 cm³/mol. The zero-order valence-corrected chi connectivity index (χ0v) is 13.2. The van der Waals surface area contributed by atoms with Crippen molar-refractivity contribution >= 4 is 0 Å². The predicted octanol–water partition coefficient (Wildman–Crippen LogP) is 4.32. The first-order valence-corrected chi connectivity index (χ1v) is 8.00. The number of pyridine rings is 1. The zero-order valence-electron chi connectivity index (χ0n) is 13.2. The molecule has 1 atom stereocenters. The van der Waals surface area contributed by atoms with E-state index in [-0.39, 0.29) is 0 Å². The summed E-state index contributed by atoms with van der Waals surface area (Å²) in [7, 11) is 0. The molecule has 0 aliphatic carbocycles. The maximum Gasteiger partial charge on any atom is 0.0300 e. The normalized spacial score (nSPS) is 12.3. The van der Waals surface area contributed by atoms with Crippen molar-refractivity contribution in [3.63, 3.8) is 0 Å². The van der Waals surface area contributed by atoms with Gasteiger partial charge >= 0.3 is 0 Å². The Morgan fingerprint density at radius 1 is 1.05 bits per heavy atom. The van der Waals surface area contributed by atoms with Crippen LogP contribution in [0.25, 0.3) is 0 Å². The van der Waals surface area contributed by atoms with Gasteiger partial charge in [0.1, 0.15) is 0 Å². The average molecular weight is 282 g/mol. The van der Waals surface area contributed by atoms with E-state index in [4.69, 9.17) is 0 Å². The van der Waals surface area contributed by atoms with Gasteiger partial charge in [0.15, 0.2) is 0 Å². The van der Waals surface area contributed by atoms with Crippen LogP contribution in [0.2, 0.25) is 0 Å². The molecule has 0 amide bonds. The van der Waals surface area contributed by atoms with Crippen molar-refractivity contribution in [1.29, 1.82) is 0 Å². The quantitative estimate of drug-likeness (QED) is 0.780. The number of rotatable bonds is 8. The number of hydrogen-bond acceptors (Lipinski definition) is 2. The molecule has 1 aromatic heterocycles. The molecule has 1 heterocycles. The first-order valence-electron chi connectivity index (χ1n) is 8.00. The molecule has 1 N–H and O–H groups in total. The Balaban J connectivity index is 1.78. The highest BCUT2D eigenvalue weighted by Gasteiger charge is 2.04. The summed E-state index contributed by atoms with van der Waals surface area (Å²) < 4.78 is 0. The fourth-order valence-electron chi connectivity index (χ4n) is 2.45. The summed E-state index contributed by atoms with van der Waals surface area (Å²) >= 11 is 0. The molecule has 0 bridgehead atoms.